The number of nitrogens with zero attached hydrogens (tertiary/aromatic N) is 2. The SMILES string of the molecule is CCC1CCCN1c1ncc(C(=O)O)cc1C. The van der Waals surface area contributed by atoms with E-state index in [1.165, 1.54) is 19.0 Å². The minimum atomic E-state index is -0.916. The third-order valence-corrected chi connectivity index (χ3v) is 3.42. The maximum Gasteiger partial charge on any atom is 0.337 e. The third-order valence-electron chi connectivity index (χ3n) is 3.42. The predicted octanol–water partition coefficient (Wildman–Crippen LogP) is 2.47. The van der Waals surface area contributed by atoms with Crippen LogP contribution in [0.15, 0.2) is 12.3 Å². The predicted molar refractivity (Wildman–Crippen MR) is 66.6 cm³/mol. The summed E-state index contributed by atoms with van der Waals surface area (Å²) in [4.78, 5) is 17.5. The first-order valence-corrected chi connectivity index (χ1v) is 6.10. The van der Waals surface area contributed by atoms with Gasteiger partial charge < -0.3 is 10.0 Å². The zero-order chi connectivity index (χ0) is 12.4. The molecule has 0 amide bonds. The maximum absolute atomic E-state index is 10.9. The largest absolute Gasteiger partial charge is 0.478 e. The number of aryl methyl sites for hydroxylation is 1. The Morgan fingerprint density at radius 3 is 3.00 bits per heavy atom. The van der Waals surface area contributed by atoms with Gasteiger partial charge >= 0.3 is 5.97 Å². The highest BCUT2D eigenvalue weighted by atomic mass is 16.4. The smallest absolute Gasteiger partial charge is 0.337 e. The van der Waals surface area contributed by atoms with Crippen molar-refractivity contribution in [3.8, 4) is 0 Å². The van der Waals surface area contributed by atoms with Crippen molar-refractivity contribution >= 4 is 11.8 Å². The number of carboxylic acids is 1. The van der Waals surface area contributed by atoms with Gasteiger partial charge in [-0.15, -0.1) is 0 Å². The first-order valence-electron chi connectivity index (χ1n) is 6.10. The lowest BCUT2D eigenvalue weighted by molar-refractivity contribution is 0.0696. The van der Waals surface area contributed by atoms with Crippen LogP contribution < -0.4 is 4.90 Å². The fraction of sp³-hybridized carbons (Fsp3) is 0.538. The van der Waals surface area contributed by atoms with Crippen molar-refractivity contribution in [1.82, 2.24) is 4.98 Å². The molecule has 0 aliphatic carbocycles. The molecule has 17 heavy (non-hydrogen) atoms. The van der Waals surface area contributed by atoms with Crippen LogP contribution in [-0.2, 0) is 0 Å². The Bertz CT molecular complexity index is 431. The lowest BCUT2D eigenvalue weighted by atomic mass is 10.1. The second-order valence-corrected chi connectivity index (χ2v) is 4.57. The molecule has 0 spiro atoms. The Kier molecular flexibility index (Phi) is 3.31. The van der Waals surface area contributed by atoms with Gasteiger partial charge in [-0.1, -0.05) is 6.92 Å². The van der Waals surface area contributed by atoms with Gasteiger partial charge in [-0.05, 0) is 37.8 Å². The summed E-state index contributed by atoms with van der Waals surface area (Å²) in [5, 5.41) is 8.91. The fourth-order valence-corrected chi connectivity index (χ4v) is 2.52. The van der Waals surface area contributed by atoms with E-state index in [-0.39, 0.29) is 5.56 Å². The fourth-order valence-electron chi connectivity index (χ4n) is 2.52. The van der Waals surface area contributed by atoms with Crippen molar-refractivity contribution in [2.45, 2.75) is 39.2 Å². The quantitative estimate of drug-likeness (QED) is 0.872. The van der Waals surface area contributed by atoms with Crippen molar-refractivity contribution in [2.24, 2.45) is 0 Å². The van der Waals surface area contributed by atoms with Crippen LogP contribution >= 0.6 is 0 Å². The summed E-state index contributed by atoms with van der Waals surface area (Å²) in [7, 11) is 0. The Morgan fingerprint density at radius 1 is 1.65 bits per heavy atom. The van der Waals surface area contributed by atoms with Crippen LogP contribution in [0.1, 0.15) is 42.1 Å². The Labute approximate surface area is 101 Å². The van der Waals surface area contributed by atoms with Crippen LogP contribution in [0.2, 0.25) is 0 Å². The van der Waals surface area contributed by atoms with E-state index < -0.39 is 5.97 Å². The van der Waals surface area contributed by atoms with Gasteiger partial charge in [0.25, 0.3) is 0 Å². The normalized spacial score (nSPS) is 19.6. The summed E-state index contributed by atoms with van der Waals surface area (Å²) in [6.07, 6.45) is 4.97. The average Bonchev–Trinajstić information content (AvgIpc) is 2.76. The second-order valence-electron chi connectivity index (χ2n) is 4.57. The van der Waals surface area contributed by atoms with Gasteiger partial charge in [-0.3, -0.25) is 0 Å². The molecule has 1 aliphatic heterocycles. The summed E-state index contributed by atoms with van der Waals surface area (Å²) in [6.45, 7) is 5.14. The van der Waals surface area contributed by atoms with E-state index in [1.54, 1.807) is 6.07 Å². The van der Waals surface area contributed by atoms with Crippen LogP contribution in [-0.4, -0.2) is 28.6 Å². The number of hydrogen-bond donors (Lipinski definition) is 1. The third kappa shape index (κ3) is 2.25. The molecule has 1 aromatic rings. The summed E-state index contributed by atoms with van der Waals surface area (Å²) in [5.74, 6) is 0.0277. The van der Waals surface area contributed by atoms with E-state index in [4.69, 9.17) is 5.11 Å². The van der Waals surface area contributed by atoms with Crippen LogP contribution in [0.25, 0.3) is 0 Å². The van der Waals surface area contributed by atoms with Gasteiger partial charge in [0.15, 0.2) is 0 Å². The molecular formula is C13H18N2O2. The van der Waals surface area contributed by atoms with Crippen molar-refractivity contribution in [3.05, 3.63) is 23.4 Å². The topological polar surface area (TPSA) is 53.4 Å². The molecular weight excluding hydrogens is 216 g/mol. The molecule has 2 rings (SSSR count). The Balaban J connectivity index is 2.30. The molecule has 2 heterocycles. The number of hydrogen-bond acceptors (Lipinski definition) is 3. The highest BCUT2D eigenvalue weighted by Crippen LogP contribution is 2.28. The summed E-state index contributed by atoms with van der Waals surface area (Å²) < 4.78 is 0. The number of pyridine rings is 1. The van der Waals surface area contributed by atoms with E-state index in [0.717, 1.165) is 24.3 Å². The van der Waals surface area contributed by atoms with Gasteiger partial charge in [-0.25, -0.2) is 9.78 Å². The molecule has 1 aromatic heterocycles. The summed E-state index contributed by atoms with van der Waals surface area (Å²) in [5.41, 5.74) is 1.21. The van der Waals surface area contributed by atoms with Gasteiger partial charge in [0.1, 0.15) is 5.82 Å². The van der Waals surface area contributed by atoms with Gasteiger partial charge in [0, 0.05) is 18.8 Å². The number of aromatic nitrogens is 1. The van der Waals surface area contributed by atoms with E-state index >= 15 is 0 Å². The molecule has 1 N–H and O–H groups in total. The molecule has 1 atom stereocenters. The van der Waals surface area contributed by atoms with Crippen molar-refractivity contribution in [3.63, 3.8) is 0 Å². The molecule has 1 unspecified atom stereocenters. The van der Waals surface area contributed by atoms with Crippen LogP contribution in [0, 0.1) is 6.92 Å². The lowest BCUT2D eigenvalue weighted by Crippen LogP contribution is -2.30. The van der Waals surface area contributed by atoms with Crippen molar-refractivity contribution in [2.75, 3.05) is 11.4 Å². The minimum Gasteiger partial charge on any atom is -0.478 e. The standard InChI is InChI=1S/C13H18N2O2/c1-3-11-5-4-6-15(11)12-9(2)7-10(8-14-12)13(16)17/h7-8,11H,3-6H2,1-2H3,(H,16,17). The number of carboxylic acid groups (broad SMARTS) is 1. The maximum atomic E-state index is 10.9. The number of carbonyl (C=O) groups is 1. The second kappa shape index (κ2) is 4.73. The van der Waals surface area contributed by atoms with Gasteiger partial charge in [0.05, 0.1) is 5.56 Å². The zero-order valence-electron chi connectivity index (χ0n) is 10.3. The molecule has 0 saturated carbocycles. The number of aromatic carboxylic acids is 1. The number of anilines is 1. The van der Waals surface area contributed by atoms with Crippen LogP contribution in [0.3, 0.4) is 0 Å². The van der Waals surface area contributed by atoms with Crippen molar-refractivity contribution < 1.29 is 9.90 Å². The minimum absolute atomic E-state index is 0.262. The molecule has 4 heteroatoms. The molecule has 4 nitrogen and oxygen atoms in total. The van der Waals surface area contributed by atoms with Gasteiger partial charge in [-0.2, -0.15) is 0 Å². The van der Waals surface area contributed by atoms with E-state index in [1.807, 2.05) is 6.92 Å². The molecule has 92 valence electrons. The number of rotatable bonds is 3. The Morgan fingerprint density at radius 2 is 2.41 bits per heavy atom. The summed E-state index contributed by atoms with van der Waals surface area (Å²) in [6, 6.07) is 2.26. The molecule has 1 aliphatic rings. The molecule has 0 radical (unpaired) electrons. The monoisotopic (exact) mass is 234 g/mol. The Hall–Kier alpha value is -1.58. The molecule has 1 saturated heterocycles. The molecule has 1 fully saturated rings. The van der Waals surface area contributed by atoms with Crippen molar-refractivity contribution in [1.29, 1.82) is 0 Å². The highest BCUT2D eigenvalue weighted by molar-refractivity contribution is 5.87. The van der Waals surface area contributed by atoms with E-state index in [2.05, 4.69) is 16.8 Å². The summed E-state index contributed by atoms with van der Waals surface area (Å²) >= 11 is 0. The van der Waals surface area contributed by atoms with Crippen LogP contribution in [0.4, 0.5) is 5.82 Å². The average molecular weight is 234 g/mol. The molecule has 0 bridgehead atoms. The van der Waals surface area contributed by atoms with E-state index in [0.29, 0.717) is 6.04 Å². The first-order chi connectivity index (χ1) is 8.13. The van der Waals surface area contributed by atoms with Gasteiger partial charge in [0.2, 0.25) is 0 Å². The molecule has 0 aromatic carbocycles. The van der Waals surface area contributed by atoms with Crippen LogP contribution in [0.5, 0.6) is 0 Å². The zero-order valence-corrected chi connectivity index (χ0v) is 10.3. The first kappa shape index (κ1) is 11.9. The van der Waals surface area contributed by atoms with E-state index in [9.17, 15) is 4.79 Å². The highest BCUT2D eigenvalue weighted by Gasteiger charge is 2.25. The lowest BCUT2D eigenvalue weighted by Gasteiger charge is -2.26.